The fourth-order valence-electron chi connectivity index (χ4n) is 12.6. The number of carbonyl (C=O) groups excluding carboxylic acids is 1. The summed E-state index contributed by atoms with van der Waals surface area (Å²) in [4.78, 5) is 15.4. The highest BCUT2D eigenvalue weighted by molar-refractivity contribution is 5.72. The molecule has 4 bridgehead atoms. The standard InChI is InChI=1S/C38H61NO10/c1-9-20(4)32(42)48-27-13-14-33(6)25-15-24(40)30-36(33,49-38(25,27)46)16-23-22-18-39-17-19(3)11-12-26(39)35(8,44)28(22)29(41)31(37(23,30)45)47-21(5)34(7,43)10-2/h19-20,22-31,40-41,43-46H,5,9-18H2,1-4,6-8H3/t19-,20-,22-,23-,24+,25-,26-,27-,28+,29+,30+,31-,33-,34+,35+,36+,37-,38-/m0/s1. The van der Waals surface area contributed by atoms with Crippen LogP contribution in [0.2, 0.25) is 0 Å². The molecule has 3 saturated heterocycles. The van der Waals surface area contributed by atoms with Gasteiger partial charge in [-0.25, -0.2) is 0 Å². The van der Waals surface area contributed by atoms with Gasteiger partial charge in [0.25, 0.3) is 0 Å². The summed E-state index contributed by atoms with van der Waals surface area (Å²) in [5, 5.41) is 74.3. The van der Waals surface area contributed by atoms with Gasteiger partial charge >= 0.3 is 5.97 Å². The van der Waals surface area contributed by atoms with Crippen molar-refractivity contribution in [3.05, 3.63) is 12.3 Å². The molecule has 3 aliphatic heterocycles. The molecule has 1 spiro atoms. The molecule has 11 heteroatoms. The Balaban J connectivity index is 1.36. The highest BCUT2D eigenvalue weighted by atomic mass is 16.7. The molecule has 278 valence electrons. The molecule has 0 aromatic carbocycles. The van der Waals surface area contributed by atoms with Crippen LogP contribution in [0.5, 0.6) is 0 Å². The quantitative estimate of drug-likeness (QED) is 0.171. The number of carbonyl (C=O) groups is 1. The number of nitrogens with zero attached hydrogens (tertiary/aromatic N) is 1. The second-order valence-electron chi connectivity index (χ2n) is 18.1. The molecule has 3 heterocycles. The van der Waals surface area contributed by atoms with Gasteiger partial charge in [-0.05, 0) is 83.0 Å². The summed E-state index contributed by atoms with van der Waals surface area (Å²) in [5.74, 6) is -5.49. The molecule has 7 fully saturated rings. The molecule has 11 nitrogen and oxygen atoms in total. The second kappa shape index (κ2) is 11.3. The first-order valence-corrected chi connectivity index (χ1v) is 19.0. The van der Waals surface area contributed by atoms with Crippen molar-refractivity contribution in [3.63, 3.8) is 0 Å². The van der Waals surface area contributed by atoms with Crippen LogP contribution < -0.4 is 0 Å². The lowest BCUT2D eigenvalue weighted by Crippen LogP contribution is -2.77. The van der Waals surface area contributed by atoms with E-state index in [9.17, 15) is 35.4 Å². The molecule has 7 rings (SSSR count). The first-order chi connectivity index (χ1) is 22.7. The number of fused-ring (bicyclic) bond motifs is 5. The maximum atomic E-state index is 13.5. The summed E-state index contributed by atoms with van der Waals surface area (Å²) >= 11 is 0. The Morgan fingerprint density at radius 3 is 2.45 bits per heavy atom. The summed E-state index contributed by atoms with van der Waals surface area (Å²) < 4.78 is 19.4. The average Bonchev–Trinajstić information content (AvgIpc) is 3.31. The Kier molecular flexibility index (Phi) is 8.35. The van der Waals surface area contributed by atoms with Crippen LogP contribution in [0.4, 0.5) is 0 Å². The number of aliphatic hydroxyl groups is 6. The molecule has 6 N–H and O–H groups in total. The van der Waals surface area contributed by atoms with E-state index in [0.29, 0.717) is 31.7 Å². The van der Waals surface area contributed by atoms with E-state index in [4.69, 9.17) is 14.2 Å². The van der Waals surface area contributed by atoms with Crippen LogP contribution in [0.15, 0.2) is 12.3 Å². The second-order valence-corrected chi connectivity index (χ2v) is 18.1. The number of ether oxygens (including phenoxy) is 3. The Morgan fingerprint density at radius 1 is 1.10 bits per heavy atom. The summed E-state index contributed by atoms with van der Waals surface area (Å²) in [6.45, 7) is 18.5. The Labute approximate surface area is 291 Å². The number of piperidine rings is 2. The van der Waals surface area contributed by atoms with E-state index in [1.165, 1.54) is 0 Å². The molecule has 0 amide bonds. The molecule has 0 unspecified atom stereocenters. The van der Waals surface area contributed by atoms with Crippen LogP contribution in [0.25, 0.3) is 0 Å². The van der Waals surface area contributed by atoms with Crippen molar-refractivity contribution in [2.45, 2.75) is 158 Å². The Morgan fingerprint density at radius 2 is 1.80 bits per heavy atom. The molecule has 49 heavy (non-hydrogen) atoms. The van der Waals surface area contributed by atoms with Gasteiger partial charge in [0.2, 0.25) is 5.79 Å². The number of esters is 1. The summed E-state index contributed by atoms with van der Waals surface area (Å²) in [6, 6.07) is -0.189. The maximum absolute atomic E-state index is 13.5. The molecular formula is C38H61NO10. The predicted octanol–water partition coefficient (Wildman–Crippen LogP) is 2.48. The molecule has 7 aliphatic rings. The SMILES string of the molecule is C=C(O[C@H]1[C@H](O)[C@H]2[C@@H](CN3C[C@@H](C)CC[C@H]3[C@@]2(C)O)[C@@H]2C[C@]34O[C@]5(O)[C@@H](OC(=O)[C@@H](C)CC)CC[C@@]3(C)[C@@H]5C[C@@H](O)[C@H]4[C@@]21O)[C@](C)(O)CC. The van der Waals surface area contributed by atoms with Crippen LogP contribution in [-0.2, 0) is 19.0 Å². The van der Waals surface area contributed by atoms with Crippen molar-refractivity contribution in [1.82, 2.24) is 4.90 Å². The molecule has 0 radical (unpaired) electrons. The lowest BCUT2D eigenvalue weighted by Gasteiger charge is -2.64. The number of hydrogen-bond acceptors (Lipinski definition) is 11. The number of rotatable bonds is 7. The van der Waals surface area contributed by atoms with E-state index < -0.39 is 93.6 Å². The van der Waals surface area contributed by atoms with E-state index in [1.54, 1.807) is 27.7 Å². The van der Waals surface area contributed by atoms with Gasteiger partial charge in [0.1, 0.15) is 17.0 Å². The topological polar surface area (TPSA) is 169 Å². The lowest BCUT2D eigenvalue weighted by molar-refractivity contribution is -0.300. The monoisotopic (exact) mass is 691 g/mol. The van der Waals surface area contributed by atoms with E-state index >= 15 is 0 Å². The Bertz CT molecular complexity index is 1360. The fraction of sp³-hybridized carbons (Fsp3) is 0.921. The van der Waals surface area contributed by atoms with Gasteiger partial charge in [-0.1, -0.05) is 41.2 Å². The van der Waals surface area contributed by atoms with Gasteiger partial charge in [-0.15, -0.1) is 0 Å². The molecular weight excluding hydrogens is 630 g/mol. The highest BCUT2D eigenvalue weighted by Gasteiger charge is 2.87. The number of hydrogen-bond donors (Lipinski definition) is 6. The van der Waals surface area contributed by atoms with Crippen molar-refractivity contribution in [3.8, 4) is 0 Å². The van der Waals surface area contributed by atoms with Gasteiger partial charge in [0, 0.05) is 42.3 Å². The van der Waals surface area contributed by atoms with Crippen LogP contribution in [0, 0.1) is 46.8 Å². The van der Waals surface area contributed by atoms with Crippen molar-refractivity contribution in [1.29, 1.82) is 0 Å². The largest absolute Gasteiger partial charge is 0.487 e. The van der Waals surface area contributed by atoms with E-state index in [0.717, 1.165) is 19.4 Å². The lowest BCUT2D eigenvalue weighted by atomic mass is 9.49. The first kappa shape index (κ1) is 36.1. The van der Waals surface area contributed by atoms with E-state index in [2.05, 4.69) is 25.3 Å². The van der Waals surface area contributed by atoms with Crippen LogP contribution in [0.1, 0.15) is 99.8 Å². The zero-order valence-electron chi connectivity index (χ0n) is 30.5. The fourth-order valence-corrected chi connectivity index (χ4v) is 12.6. The van der Waals surface area contributed by atoms with Crippen molar-refractivity contribution >= 4 is 5.97 Å². The minimum atomic E-state index is -1.89. The highest BCUT2D eigenvalue weighted by Crippen LogP contribution is 2.77. The normalized spacial score (nSPS) is 54.8. The van der Waals surface area contributed by atoms with Gasteiger partial charge in [0.05, 0.1) is 29.3 Å². The summed E-state index contributed by atoms with van der Waals surface area (Å²) in [5.41, 5.74) is -6.66. The number of aliphatic hydroxyl groups excluding tert-OH is 2. The van der Waals surface area contributed by atoms with Crippen LogP contribution in [0.3, 0.4) is 0 Å². The third kappa shape index (κ3) is 4.58. The van der Waals surface area contributed by atoms with Crippen molar-refractivity contribution in [2.75, 3.05) is 13.1 Å². The molecule has 0 aromatic heterocycles. The average molecular weight is 692 g/mol. The van der Waals surface area contributed by atoms with Gasteiger partial charge in [-0.2, -0.15) is 0 Å². The van der Waals surface area contributed by atoms with Crippen LogP contribution >= 0.6 is 0 Å². The maximum Gasteiger partial charge on any atom is 0.309 e. The van der Waals surface area contributed by atoms with Gasteiger partial charge in [0.15, 0.2) is 12.2 Å². The Hall–Kier alpha value is -1.31. The van der Waals surface area contributed by atoms with E-state index in [-0.39, 0.29) is 37.0 Å². The zero-order valence-corrected chi connectivity index (χ0v) is 30.5. The summed E-state index contributed by atoms with van der Waals surface area (Å²) in [6.07, 6.45) is -0.958. The minimum Gasteiger partial charge on any atom is -0.487 e. The van der Waals surface area contributed by atoms with Crippen LogP contribution in [-0.4, -0.2) is 113 Å². The van der Waals surface area contributed by atoms with Gasteiger partial charge < -0.3 is 44.8 Å². The van der Waals surface area contributed by atoms with Crippen molar-refractivity contribution < 1.29 is 49.6 Å². The molecule has 18 atom stereocenters. The minimum absolute atomic E-state index is 0.00897. The first-order valence-electron chi connectivity index (χ1n) is 19.0. The van der Waals surface area contributed by atoms with E-state index in [1.807, 2.05) is 6.92 Å². The van der Waals surface area contributed by atoms with Crippen molar-refractivity contribution in [2.24, 2.45) is 46.8 Å². The molecule has 4 aliphatic carbocycles. The zero-order chi connectivity index (χ0) is 35.9. The molecule has 4 saturated carbocycles. The molecule has 0 aromatic rings. The predicted molar refractivity (Wildman–Crippen MR) is 178 cm³/mol. The third-order valence-electron chi connectivity index (χ3n) is 15.6. The smallest absolute Gasteiger partial charge is 0.309 e. The summed E-state index contributed by atoms with van der Waals surface area (Å²) in [7, 11) is 0. The van der Waals surface area contributed by atoms with Gasteiger partial charge in [-0.3, -0.25) is 9.69 Å². The third-order valence-corrected chi connectivity index (χ3v) is 15.6.